The van der Waals surface area contributed by atoms with Gasteiger partial charge in [-0.05, 0) is 68.5 Å². The summed E-state index contributed by atoms with van der Waals surface area (Å²) in [6, 6.07) is 14.7. The zero-order chi connectivity index (χ0) is 26.7. The maximum absolute atomic E-state index is 14.2. The number of likely N-dealkylation sites (tertiary alicyclic amines) is 1. The Balaban J connectivity index is 2.18. The van der Waals surface area contributed by atoms with Crippen LogP contribution in [0, 0.1) is 5.41 Å². The maximum atomic E-state index is 14.2. The highest BCUT2D eigenvalue weighted by atomic mass is 35.5. The van der Waals surface area contributed by atoms with Gasteiger partial charge in [-0.3, -0.25) is 4.79 Å². The summed E-state index contributed by atoms with van der Waals surface area (Å²) in [6.07, 6.45) is 3.50. The van der Waals surface area contributed by atoms with E-state index < -0.39 is 20.7 Å². The average Bonchev–Trinajstić information content (AvgIpc) is 2.82. The van der Waals surface area contributed by atoms with E-state index >= 15 is 0 Å². The highest BCUT2D eigenvalue weighted by Gasteiger charge is 2.50. The van der Waals surface area contributed by atoms with Crippen molar-refractivity contribution in [1.29, 1.82) is 0 Å². The summed E-state index contributed by atoms with van der Waals surface area (Å²) in [5, 5.41) is 0.678. The van der Waals surface area contributed by atoms with Gasteiger partial charge in [0.15, 0.2) is 0 Å². The van der Waals surface area contributed by atoms with Crippen molar-refractivity contribution in [2.75, 3.05) is 6.54 Å². The molecule has 0 aliphatic carbocycles. The van der Waals surface area contributed by atoms with Gasteiger partial charge in [0.25, 0.3) is 0 Å². The Morgan fingerprint density at radius 3 is 2.36 bits per heavy atom. The Labute approximate surface area is 225 Å². The van der Waals surface area contributed by atoms with Crippen LogP contribution in [0.25, 0.3) is 0 Å². The number of benzene rings is 2. The van der Waals surface area contributed by atoms with E-state index in [1.54, 1.807) is 19.9 Å². The van der Waals surface area contributed by atoms with E-state index in [9.17, 15) is 13.2 Å². The lowest BCUT2D eigenvalue weighted by atomic mass is 9.67. The Kier molecular flexibility index (Phi) is 9.31. The van der Waals surface area contributed by atoms with E-state index in [4.69, 9.17) is 23.2 Å². The number of hydrogen-bond acceptors (Lipinski definition) is 3. The van der Waals surface area contributed by atoms with Gasteiger partial charge in [0.2, 0.25) is 15.9 Å². The molecule has 196 valence electrons. The number of rotatable bonds is 10. The molecule has 36 heavy (non-hydrogen) atoms. The Morgan fingerprint density at radius 2 is 1.81 bits per heavy atom. The molecule has 2 aromatic rings. The van der Waals surface area contributed by atoms with Crippen LogP contribution in [0.5, 0.6) is 0 Å². The van der Waals surface area contributed by atoms with Gasteiger partial charge in [0.1, 0.15) is 0 Å². The van der Waals surface area contributed by atoms with Crippen LogP contribution >= 0.6 is 23.2 Å². The first-order chi connectivity index (χ1) is 16.9. The molecule has 0 radical (unpaired) electrons. The van der Waals surface area contributed by atoms with E-state index in [1.165, 1.54) is 0 Å². The molecular formula is C28H36Cl2N2O3S. The van der Waals surface area contributed by atoms with Gasteiger partial charge in [-0.15, -0.1) is 6.58 Å². The molecule has 1 heterocycles. The van der Waals surface area contributed by atoms with Crippen LogP contribution in [0.3, 0.4) is 0 Å². The predicted molar refractivity (Wildman–Crippen MR) is 149 cm³/mol. The van der Waals surface area contributed by atoms with Crippen molar-refractivity contribution in [1.82, 2.24) is 9.62 Å². The summed E-state index contributed by atoms with van der Waals surface area (Å²) in [6.45, 7) is 11.3. The molecule has 5 nitrogen and oxygen atoms in total. The van der Waals surface area contributed by atoms with Crippen LogP contribution in [0.15, 0.2) is 61.2 Å². The number of nitrogens with one attached hydrogen (secondary N) is 1. The van der Waals surface area contributed by atoms with E-state index in [0.29, 0.717) is 29.3 Å². The first kappa shape index (κ1) is 28.7. The number of amides is 1. The maximum Gasteiger partial charge on any atom is 0.229 e. The third-order valence-electron chi connectivity index (χ3n) is 7.19. The fourth-order valence-corrected chi connectivity index (χ4v) is 6.19. The minimum atomic E-state index is -3.50. The van der Waals surface area contributed by atoms with Crippen molar-refractivity contribution in [3.63, 3.8) is 0 Å². The topological polar surface area (TPSA) is 66.5 Å². The largest absolute Gasteiger partial charge is 0.330 e. The van der Waals surface area contributed by atoms with Crippen molar-refractivity contribution >= 4 is 39.1 Å². The van der Waals surface area contributed by atoms with E-state index in [0.717, 1.165) is 11.1 Å². The summed E-state index contributed by atoms with van der Waals surface area (Å²) in [5.41, 5.74) is 1.29. The number of carbonyl (C=O) groups excluding carboxylic acids is 1. The van der Waals surface area contributed by atoms with Gasteiger partial charge in [0, 0.05) is 28.5 Å². The smallest absolute Gasteiger partial charge is 0.229 e. The Morgan fingerprint density at radius 1 is 1.14 bits per heavy atom. The second-order valence-electron chi connectivity index (χ2n) is 10.1. The molecule has 1 aliphatic rings. The van der Waals surface area contributed by atoms with Gasteiger partial charge in [-0.1, -0.05) is 67.4 Å². The average molecular weight is 552 g/mol. The van der Waals surface area contributed by atoms with Crippen LogP contribution in [-0.4, -0.2) is 37.1 Å². The summed E-state index contributed by atoms with van der Waals surface area (Å²) in [4.78, 5) is 16.1. The standard InChI is InChI=1S/C28H36Cl2N2O3S/c1-6-15-28(5)17-25(21-9-8-10-23(30)16-21)26(20-11-13-22(29)14-12-20)32(27(28)33)24(7-2)18-31-36(34,35)19(3)4/h6,8-14,16,19,24-26,31H,1,7,15,17-18H2,2-5H3/t24-,25-,26-,28+/m1/s1. The van der Waals surface area contributed by atoms with Gasteiger partial charge in [0.05, 0.1) is 16.7 Å². The summed E-state index contributed by atoms with van der Waals surface area (Å²) >= 11 is 12.6. The van der Waals surface area contributed by atoms with Crippen LogP contribution in [-0.2, 0) is 14.8 Å². The summed E-state index contributed by atoms with van der Waals surface area (Å²) < 4.78 is 27.9. The van der Waals surface area contributed by atoms with Crippen LogP contribution < -0.4 is 4.72 Å². The summed E-state index contributed by atoms with van der Waals surface area (Å²) in [5.74, 6) is -0.0699. The number of nitrogens with zero attached hydrogens (tertiary/aromatic N) is 1. The lowest BCUT2D eigenvalue weighted by molar-refractivity contribution is -0.154. The molecule has 2 aromatic carbocycles. The molecule has 0 bridgehead atoms. The zero-order valence-corrected chi connectivity index (χ0v) is 23.7. The highest BCUT2D eigenvalue weighted by Crippen LogP contribution is 2.52. The van der Waals surface area contributed by atoms with Crippen LogP contribution in [0.4, 0.5) is 0 Å². The van der Waals surface area contributed by atoms with Crippen LogP contribution in [0.1, 0.15) is 70.0 Å². The lowest BCUT2D eigenvalue weighted by Gasteiger charge is -2.52. The second kappa shape index (κ2) is 11.7. The third kappa shape index (κ3) is 6.16. The highest BCUT2D eigenvalue weighted by molar-refractivity contribution is 7.90. The number of allylic oxidation sites excluding steroid dienone is 1. The molecule has 0 aromatic heterocycles. The normalized spacial score (nSPS) is 23.6. The molecule has 1 saturated heterocycles. The van der Waals surface area contributed by atoms with Crippen LogP contribution in [0.2, 0.25) is 10.0 Å². The van der Waals surface area contributed by atoms with E-state index in [1.807, 2.05) is 67.3 Å². The predicted octanol–water partition coefficient (Wildman–Crippen LogP) is 6.74. The molecule has 1 amide bonds. The molecule has 0 saturated carbocycles. The third-order valence-corrected chi connectivity index (χ3v) is 9.49. The second-order valence-corrected chi connectivity index (χ2v) is 13.3. The van der Waals surface area contributed by atoms with E-state index in [2.05, 4.69) is 11.3 Å². The fourth-order valence-electron chi connectivity index (χ4n) is 5.11. The molecule has 0 unspecified atom stereocenters. The van der Waals surface area contributed by atoms with Crippen molar-refractivity contribution in [2.24, 2.45) is 5.41 Å². The Hall–Kier alpha value is -1.86. The first-order valence-electron chi connectivity index (χ1n) is 12.4. The molecule has 3 rings (SSSR count). The number of piperidine rings is 1. The minimum Gasteiger partial charge on any atom is -0.330 e. The molecule has 8 heteroatoms. The number of halogens is 2. The molecule has 1 fully saturated rings. The van der Waals surface area contributed by atoms with Gasteiger partial charge < -0.3 is 4.90 Å². The quantitative estimate of drug-likeness (QED) is 0.333. The lowest BCUT2D eigenvalue weighted by Crippen LogP contribution is -2.57. The zero-order valence-electron chi connectivity index (χ0n) is 21.4. The molecular weight excluding hydrogens is 515 g/mol. The van der Waals surface area contributed by atoms with Crippen molar-refractivity contribution < 1.29 is 13.2 Å². The van der Waals surface area contributed by atoms with Crippen molar-refractivity contribution in [2.45, 2.75) is 70.2 Å². The van der Waals surface area contributed by atoms with Gasteiger partial charge in [-0.2, -0.15) is 0 Å². The van der Waals surface area contributed by atoms with Crippen molar-refractivity contribution in [3.8, 4) is 0 Å². The Bertz CT molecular complexity index is 1180. The van der Waals surface area contributed by atoms with E-state index in [-0.39, 0.29) is 30.5 Å². The number of carbonyl (C=O) groups is 1. The molecule has 1 N–H and O–H groups in total. The van der Waals surface area contributed by atoms with Gasteiger partial charge >= 0.3 is 0 Å². The minimum absolute atomic E-state index is 0.00350. The number of hydrogen-bond donors (Lipinski definition) is 1. The monoisotopic (exact) mass is 550 g/mol. The molecule has 1 aliphatic heterocycles. The fraction of sp³-hybridized carbons (Fsp3) is 0.464. The first-order valence-corrected chi connectivity index (χ1v) is 14.7. The number of sulfonamides is 1. The molecule has 0 spiro atoms. The SMILES string of the molecule is C=CC[C@@]1(C)C[C@H](c2cccc(Cl)c2)[C@@H](c2ccc(Cl)cc2)N([C@H](CC)CNS(=O)(=O)C(C)C)C1=O. The van der Waals surface area contributed by atoms with Gasteiger partial charge in [-0.25, -0.2) is 13.1 Å². The van der Waals surface area contributed by atoms with Crippen molar-refractivity contribution in [3.05, 3.63) is 82.4 Å². The molecule has 4 atom stereocenters. The summed E-state index contributed by atoms with van der Waals surface area (Å²) in [7, 11) is -3.50.